The van der Waals surface area contributed by atoms with E-state index in [4.69, 9.17) is 10.7 Å². The van der Waals surface area contributed by atoms with Crippen molar-refractivity contribution >= 4 is 41.2 Å². The van der Waals surface area contributed by atoms with Crippen LogP contribution in [-0.4, -0.2) is 42.7 Å². The second-order valence-corrected chi connectivity index (χ2v) is 6.68. The van der Waals surface area contributed by atoms with Gasteiger partial charge in [0, 0.05) is 5.39 Å². The number of rotatable bonds is 4. The molecule has 1 aromatic heterocycles. The molecule has 0 atom stereocenters. The molecule has 2 heterocycles. The van der Waals surface area contributed by atoms with Gasteiger partial charge in [-0.05, 0) is 23.8 Å². The lowest BCUT2D eigenvalue weighted by molar-refractivity contribution is -0.894. The van der Waals surface area contributed by atoms with Gasteiger partial charge in [-0.2, -0.15) is 4.98 Å². The summed E-state index contributed by atoms with van der Waals surface area (Å²) in [7, 11) is 0. The van der Waals surface area contributed by atoms with Crippen molar-refractivity contribution in [3.63, 3.8) is 0 Å². The van der Waals surface area contributed by atoms with Crippen molar-refractivity contribution in [1.82, 2.24) is 9.97 Å². The quantitative estimate of drug-likeness (QED) is 0.574. The van der Waals surface area contributed by atoms with Gasteiger partial charge in [0.05, 0.1) is 38.2 Å². The SMILES string of the molecule is Cl.Nc1nc(N2CC[NH+](CC=Cc3ccccc3)CC2)nc2ccccc12.[Cl-]. The molecule has 5 nitrogen and oxygen atoms in total. The Hall–Kier alpha value is -2.34. The Balaban J connectivity index is 0.00000140. The normalized spacial score (nSPS) is 14.6. The average Bonchev–Trinajstić information content (AvgIpc) is 2.69. The molecule has 0 saturated carbocycles. The van der Waals surface area contributed by atoms with Gasteiger partial charge in [-0.3, -0.25) is 0 Å². The lowest BCUT2D eigenvalue weighted by Gasteiger charge is -2.31. The summed E-state index contributed by atoms with van der Waals surface area (Å²) in [5.74, 6) is 1.31. The van der Waals surface area contributed by atoms with Gasteiger partial charge in [-0.15, -0.1) is 12.4 Å². The lowest BCUT2D eigenvalue weighted by atomic mass is 10.2. The van der Waals surface area contributed by atoms with E-state index in [0.29, 0.717) is 5.82 Å². The molecule has 3 N–H and O–H groups in total. The molecule has 0 amide bonds. The molecule has 0 radical (unpaired) electrons. The highest BCUT2D eigenvalue weighted by atomic mass is 35.5. The Morgan fingerprint density at radius 2 is 1.64 bits per heavy atom. The predicted molar refractivity (Wildman–Crippen MR) is 114 cm³/mol. The number of nitrogens with zero attached hydrogens (tertiary/aromatic N) is 3. The smallest absolute Gasteiger partial charge is 0.228 e. The maximum absolute atomic E-state index is 6.12. The first-order valence-electron chi connectivity index (χ1n) is 9.12. The van der Waals surface area contributed by atoms with E-state index < -0.39 is 0 Å². The molecule has 1 saturated heterocycles. The monoisotopic (exact) mass is 417 g/mol. The summed E-state index contributed by atoms with van der Waals surface area (Å²) in [5, 5.41) is 0.923. The van der Waals surface area contributed by atoms with E-state index in [2.05, 4.69) is 46.3 Å². The van der Waals surface area contributed by atoms with E-state index >= 15 is 0 Å². The molecule has 3 aromatic rings. The van der Waals surface area contributed by atoms with E-state index in [9.17, 15) is 0 Å². The van der Waals surface area contributed by atoms with Crippen LogP contribution < -0.4 is 27.9 Å². The number of aromatic nitrogens is 2. The lowest BCUT2D eigenvalue weighted by Crippen LogP contribution is -3.14. The van der Waals surface area contributed by atoms with Crippen LogP contribution in [0.3, 0.4) is 0 Å². The van der Waals surface area contributed by atoms with Crippen LogP contribution in [-0.2, 0) is 0 Å². The highest BCUT2D eigenvalue weighted by Gasteiger charge is 2.21. The Bertz CT molecular complexity index is 909. The third kappa shape index (κ3) is 5.13. The topological polar surface area (TPSA) is 59.5 Å². The van der Waals surface area contributed by atoms with Crippen molar-refractivity contribution < 1.29 is 17.3 Å². The number of nitrogen functional groups attached to an aromatic ring is 1. The predicted octanol–water partition coefficient (Wildman–Crippen LogP) is -0.944. The number of nitrogens with two attached hydrogens (primary N) is 1. The minimum atomic E-state index is 0. The first kappa shape index (κ1) is 22.0. The summed E-state index contributed by atoms with van der Waals surface area (Å²) in [6, 6.07) is 18.4. The Morgan fingerprint density at radius 3 is 2.39 bits per heavy atom. The zero-order valence-electron chi connectivity index (χ0n) is 15.6. The zero-order valence-corrected chi connectivity index (χ0v) is 17.2. The minimum absolute atomic E-state index is 0. The van der Waals surface area contributed by atoms with Gasteiger partial charge in [0.1, 0.15) is 5.82 Å². The minimum Gasteiger partial charge on any atom is -1.00 e. The number of quaternary nitrogens is 1. The van der Waals surface area contributed by atoms with Gasteiger partial charge in [0.25, 0.3) is 0 Å². The van der Waals surface area contributed by atoms with Crippen LogP contribution in [0.1, 0.15) is 5.56 Å². The Kier molecular flexibility index (Phi) is 8.05. The molecule has 2 aromatic carbocycles. The molecule has 7 heteroatoms. The fourth-order valence-electron chi connectivity index (χ4n) is 3.38. The molecule has 28 heavy (non-hydrogen) atoms. The molecule has 1 fully saturated rings. The molecule has 0 spiro atoms. The fraction of sp³-hybridized carbons (Fsp3) is 0.238. The molecule has 1 aliphatic rings. The summed E-state index contributed by atoms with van der Waals surface area (Å²) in [5.41, 5.74) is 8.29. The number of hydrogen-bond acceptors (Lipinski definition) is 4. The number of piperazine rings is 1. The van der Waals surface area contributed by atoms with Crippen LogP contribution in [0.4, 0.5) is 11.8 Å². The van der Waals surface area contributed by atoms with Crippen molar-refractivity contribution in [3.05, 3.63) is 66.2 Å². The number of para-hydroxylation sites is 1. The first-order valence-corrected chi connectivity index (χ1v) is 9.12. The van der Waals surface area contributed by atoms with Crippen LogP contribution in [0.15, 0.2) is 60.7 Å². The van der Waals surface area contributed by atoms with Crippen LogP contribution in [0.2, 0.25) is 0 Å². The standard InChI is InChI=1S/C21H23N5.2ClH/c22-20-18-10-4-5-11-19(18)23-21(24-20)26-15-13-25(14-16-26)12-6-9-17-7-2-1-3-8-17;;/h1-11H,12-16H2,(H2,22,23,24);2*1H. The molecule has 0 unspecified atom stereocenters. The van der Waals surface area contributed by atoms with Gasteiger partial charge >= 0.3 is 0 Å². The van der Waals surface area contributed by atoms with Crippen LogP contribution in [0.25, 0.3) is 17.0 Å². The summed E-state index contributed by atoms with van der Waals surface area (Å²) in [4.78, 5) is 13.0. The third-order valence-corrected chi connectivity index (χ3v) is 4.89. The van der Waals surface area contributed by atoms with Crippen molar-refractivity contribution in [2.75, 3.05) is 43.4 Å². The average molecular weight is 418 g/mol. The third-order valence-electron chi connectivity index (χ3n) is 4.89. The highest BCUT2D eigenvalue weighted by molar-refractivity contribution is 5.88. The van der Waals surface area contributed by atoms with E-state index in [-0.39, 0.29) is 24.8 Å². The fourth-order valence-corrected chi connectivity index (χ4v) is 3.38. The van der Waals surface area contributed by atoms with Gasteiger partial charge in [-0.25, -0.2) is 4.98 Å². The van der Waals surface area contributed by atoms with Crippen molar-refractivity contribution in [3.8, 4) is 0 Å². The second-order valence-electron chi connectivity index (χ2n) is 6.68. The summed E-state index contributed by atoms with van der Waals surface area (Å²) in [6.07, 6.45) is 4.47. The molecular formula is C21H25Cl2N5. The summed E-state index contributed by atoms with van der Waals surface area (Å²) in [6.45, 7) is 5.10. The maximum atomic E-state index is 6.12. The van der Waals surface area contributed by atoms with Crippen molar-refractivity contribution in [2.45, 2.75) is 0 Å². The van der Waals surface area contributed by atoms with Gasteiger partial charge in [0.15, 0.2) is 0 Å². The number of benzene rings is 2. The first-order chi connectivity index (χ1) is 12.8. The summed E-state index contributed by atoms with van der Waals surface area (Å²) >= 11 is 0. The van der Waals surface area contributed by atoms with E-state index in [0.717, 1.165) is 49.6 Å². The molecule has 0 bridgehead atoms. The molecular weight excluding hydrogens is 393 g/mol. The van der Waals surface area contributed by atoms with E-state index in [1.807, 2.05) is 30.3 Å². The van der Waals surface area contributed by atoms with Gasteiger partial charge < -0.3 is 27.9 Å². The highest BCUT2D eigenvalue weighted by Crippen LogP contribution is 2.20. The van der Waals surface area contributed by atoms with Gasteiger partial charge in [0.2, 0.25) is 5.95 Å². The maximum Gasteiger partial charge on any atom is 0.228 e. The number of nitrogens with one attached hydrogen (secondary N) is 1. The van der Waals surface area contributed by atoms with Crippen LogP contribution in [0, 0.1) is 0 Å². The van der Waals surface area contributed by atoms with Crippen molar-refractivity contribution in [2.24, 2.45) is 0 Å². The zero-order chi connectivity index (χ0) is 17.8. The molecule has 0 aliphatic carbocycles. The Morgan fingerprint density at radius 1 is 0.964 bits per heavy atom. The molecule has 1 aliphatic heterocycles. The van der Waals surface area contributed by atoms with Crippen molar-refractivity contribution in [1.29, 1.82) is 0 Å². The number of anilines is 2. The Labute approximate surface area is 178 Å². The number of halogens is 2. The van der Waals surface area contributed by atoms with Crippen LogP contribution >= 0.6 is 12.4 Å². The second kappa shape index (κ2) is 10.3. The molecule has 148 valence electrons. The van der Waals surface area contributed by atoms with E-state index in [1.165, 1.54) is 5.56 Å². The van der Waals surface area contributed by atoms with Gasteiger partial charge in [-0.1, -0.05) is 48.5 Å². The van der Waals surface area contributed by atoms with Crippen LogP contribution in [0.5, 0.6) is 0 Å². The number of hydrogen-bond donors (Lipinski definition) is 2. The largest absolute Gasteiger partial charge is 1.00 e. The van der Waals surface area contributed by atoms with E-state index in [1.54, 1.807) is 4.90 Å². The molecule has 4 rings (SSSR count). The summed E-state index contributed by atoms with van der Waals surface area (Å²) < 4.78 is 0. The number of fused-ring (bicyclic) bond motifs is 1.